The second-order valence-corrected chi connectivity index (χ2v) is 5.24. The first-order valence-corrected chi connectivity index (χ1v) is 6.82. The van der Waals surface area contributed by atoms with Gasteiger partial charge in [0.1, 0.15) is 0 Å². The summed E-state index contributed by atoms with van der Waals surface area (Å²) in [5.74, 6) is -0.434. The van der Waals surface area contributed by atoms with Crippen LogP contribution >= 0.6 is 0 Å². The zero-order valence-corrected chi connectivity index (χ0v) is 11.7. The topological polar surface area (TPSA) is 63.4 Å². The van der Waals surface area contributed by atoms with E-state index in [-0.39, 0.29) is 24.3 Å². The largest absolute Gasteiger partial charge is 0.320 e. The van der Waals surface area contributed by atoms with E-state index in [9.17, 15) is 9.59 Å². The van der Waals surface area contributed by atoms with Crippen molar-refractivity contribution in [3.63, 3.8) is 0 Å². The predicted octanol–water partition coefficient (Wildman–Crippen LogP) is 1.89. The molecule has 2 aromatic carbocycles. The summed E-state index contributed by atoms with van der Waals surface area (Å²) in [4.78, 5) is 25.1. The number of imide groups is 1. The van der Waals surface area contributed by atoms with Gasteiger partial charge in [0.25, 0.3) is 5.91 Å². The Labute approximate surface area is 123 Å². The van der Waals surface area contributed by atoms with E-state index in [2.05, 4.69) is 0 Å². The molecule has 21 heavy (non-hydrogen) atoms. The van der Waals surface area contributed by atoms with Crippen molar-refractivity contribution in [3.8, 4) is 0 Å². The van der Waals surface area contributed by atoms with Crippen LogP contribution in [-0.4, -0.2) is 23.8 Å². The van der Waals surface area contributed by atoms with E-state index in [0.29, 0.717) is 5.56 Å². The van der Waals surface area contributed by atoms with Gasteiger partial charge in [-0.25, -0.2) is 0 Å². The monoisotopic (exact) mass is 280 g/mol. The molecule has 4 nitrogen and oxygen atoms in total. The maximum atomic E-state index is 12.2. The Kier molecular flexibility index (Phi) is 3.31. The van der Waals surface area contributed by atoms with Gasteiger partial charge in [-0.15, -0.1) is 0 Å². The van der Waals surface area contributed by atoms with Crippen molar-refractivity contribution in [1.82, 2.24) is 4.90 Å². The SMILES string of the molecule is CN1C(=O)Cc2ccc(C(N)c3ccccc3)cc2C1=O. The number of amides is 2. The number of benzene rings is 2. The van der Waals surface area contributed by atoms with E-state index in [1.807, 2.05) is 42.5 Å². The second kappa shape index (κ2) is 5.14. The first-order valence-electron chi connectivity index (χ1n) is 6.82. The normalized spacial score (nSPS) is 15.8. The molecule has 2 N–H and O–H groups in total. The van der Waals surface area contributed by atoms with Crippen molar-refractivity contribution < 1.29 is 9.59 Å². The van der Waals surface area contributed by atoms with E-state index in [1.54, 1.807) is 6.07 Å². The van der Waals surface area contributed by atoms with Crippen LogP contribution in [0.15, 0.2) is 48.5 Å². The molecule has 1 aliphatic heterocycles. The molecular weight excluding hydrogens is 264 g/mol. The highest BCUT2D eigenvalue weighted by Gasteiger charge is 2.28. The molecule has 4 heteroatoms. The first kappa shape index (κ1) is 13.5. The fourth-order valence-corrected chi connectivity index (χ4v) is 2.57. The van der Waals surface area contributed by atoms with Crippen LogP contribution in [0.2, 0.25) is 0 Å². The summed E-state index contributed by atoms with van der Waals surface area (Å²) in [5, 5.41) is 0. The van der Waals surface area contributed by atoms with Gasteiger partial charge in [-0.1, -0.05) is 42.5 Å². The molecule has 0 spiro atoms. The summed E-state index contributed by atoms with van der Waals surface area (Å²) in [7, 11) is 1.51. The highest BCUT2D eigenvalue weighted by Crippen LogP contribution is 2.25. The molecule has 3 rings (SSSR count). The van der Waals surface area contributed by atoms with Crippen molar-refractivity contribution in [2.75, 3.05) is 7.05 Å². The van der Waals surface area contributed by atoms with Crippen LogP contribution in [0.1, 0.15) is 33.1 Å². The van der Waals surface area contributed by atoms with Crippen molar-refractivity contribution in [3.05, 3.63) is 70.8 Å². The molecular formula is C17H16N2O2. The lowest BCUT2D eigenvalue weighted by Gasteiger charge is -2.24. The van der Waals surface area contributed by atoms with E-state index in [0.717, 1.165) is 16.7 Å². The minimum absolute atomic E-state index is 0.174. The van der Waals surface area contributed by atoms with Gasteiger partial charge in [0.15, 0.2) is 0 Å². The van der Waals surface area contributed by atoms with Crippen molar-refractivity contribution in [2.24, 2.45) is 5.73 Å². The van der Waals surface area contributed by atoms with E-state index in [1.165, 1.54) is 11.9 Å². The number of fused-ring (bicyclic) bond motifs is 1. The minimum Gasteiger partial charge on any atom is -0.320 e. The molecule has 2 amide bonds. The van der Waals surface area contributed by atoms with E-state index < -0.39 is 0 Å². The maximum absolute atomic E-state index is 12.2. The van der Waals surface area contributed by atoms with Crippen LogP contribution in [0.25, 0.3) is 0 Å². The minimum atomic E-state index is -0.285. The lowest BCUT2D eigenvalue weighted by atomic mass is 9.92. The van der Waals surface area contributed by atoms with Crippen LogP contribution in [-0.2, 0) is 11.2 Å². The molecule has 0 fully saturated rings. The van der Waals surface area contributed by atoms with Crippen LogP contribution in [0.5, 0.6) is 0 Å². The third-order valence-corrected chi connectivity index (χ3v) is 3.90. The van der Waals surface area contributed by atoms with Gasteiger partial charge in [-0.2, -0.15) is 0 Å². The standard InChI is InChI=1S/C17H16N2O2/c1-19-15(20)10-12-7-8-13(9-14(12)17(19)21)16(18)11-5-3-2-4-6-11/h2-9,16H,10,18H2,1H3. The molecule has 0 aliphatic carbocycles. The van der Waals surface area contributed by atoms with Gasteiger partial charge in [0, 0.05) is 12.6 Å². The van der Waals surface area contributed by atoms with Crippen LogP contribution in [0.3, 0.4) is 0 Å². The predicted molar refractivity (Wildman–Crippen MR) is 79.7 cm³/mol. The fourth-order valence-electron chi connectivity index (χ4n) is 2.57. The van der Waals surface area contributed by atoms with Gasteiger partial charge < -0.3 is 5.73 Å². The molecule has 0 saturated carbocycles. The van der Waals surface area contributed by atoms with Crippen molar-refractivity contribution in [2.45, 2.75) is 12.5 Å². The zero-order valence-electron chi connectivity index (χ0n) is 11.7. The molecule has 0 aromatic heterocycles. The zero-order chi connectivity index (χ0) is 15.0. The molecule has 1 atom stereocenters. The molecule has 106 valence electrons. The second-order valence-electron chi connectivity index (χ2n) is 5.24. The van der Waals surface area contributed by atoms with Gasteiger partial charge in [-0.05, 0) is 22.8 Å². The maximum Gasteiger partial charge on any atom is 0.260 e. The third kappa shape index (κ3) is 2.34. The highest BCUT2D eigenvalue weighted by molar-refractivity contribution is 6.09. The third-order valence-electron chi connectivity index (χ3n) is 3.90. The lowest BCUT2D eigenvalue weighted by Crippen LogP contribution is -2.39. The summed E-state index contributed by atoms with van der Waals surface area (Å²) < 4.78 is 0. The Morgan fingerprint density at radius 2 is 1.76 bits per heavy atom. The van der Waals surface area contributed by atoms with Gasteiger partial charge in [-0.3, -0.25) is 14.5 Å². The summed E-state index contributed by atoms with van der Waals surface area (Å²) in [6.45, 7) is 0. The van der Waals surface area contributed by atoms with Gasteiger partial charge in [0.05, 0.1) is 12.5 Å². The Morgan fingerprint density at radius 1 is 1.05 bits per heavy atom. The number of likely N-dealkylation sites (N-methyl/N-ethyl adjacent to an activating group) is 1. The van der Waals surface area contributed by atoms with Crippen LogP contribution in [0.4, 0.5) is 0 Å². The van der Waals surface area contributed by atoms with Crippen molar-refractivity contribution in [1.29, 1.82) is 0 Å². The van der Waals surface area contributed by atoms with Crippen LogP contribution in [0, 0.1) is 0 Å². The Hall–Kier alpha value is -2.46. The number of nitrogens with zero attached hydrogens (tertiary/aromatic N) is 1. The Morgan fingerprint density at radius 3 is 2.48 bits per heavy atom. The van der Waals surface area contributed by atoms with Crippen LogP contribution < -0.4 is 5.73 Å². The highest BCUT2D eigenvalue weighted by atomic mass is 16.2. The van der Waals surface area contributed by atoms with Gasteiger partial charge >= 0.3 is 0 Å². The van der Waals surface area contributed by atoms with Crippen molar-refractivity contribution >= 4 is 11.8 Å². The number of rotatable bonds is 2. The summed E-state index contributed by atoms with van der Waals surface area (Å²) >= 11 is 0. The number of carbonyl (C=O) groups excluding carboxylic acids is 2. The summed E-state index contributed by atoms with van der Waals surface area (Å²) in [6.07, 6.45) is 0.262. The first-order chi connectivity index (χ1) is 10.1. The number of carbonyl (C=O) groups is 2. The average molecular weight is 280 g/mol. The molecule has 0 radical (unpaired) electrons. The molecule has 1 aliphatic rings. The Balaban J connectivity index is 2.00. The number of hydrogen-bond donors (Lipinski definition) is 1. The molecule has 0 bridgehead atoms. The summed E-state index contributed by atoms with van der Waals surface area (Å²) in [6, 6.07) is 15.0. The molecule has 1 heterocycles. The molecule has 0 saturated heterocycles. The van der Waals surface area contributed by atoms with Gasteiger partial charge in [0.2, 0.25) is 5.91 Å². The lowest BCUT2D eigenvalue weighted by molar-refractivity contribution is -0.127. The fraction of sp³-hybridized carbons (Fsp3) is 0.176. The number of nitrogens with two attached hydrogens (primary N) is 1. The summed E-state index contributed by atoms with van der Waals surface area (Å²) in [5.41, 5.74) is 9.47. The van der Waals surface area contributed by atoms with E-state index >= 15 is 0 Å². The quantitative estimate of drug-likeness (QED) is 0.854. The molecule has 2 aromatic rings. The van der Waals surface area contributed by atoms with E-state index in [4.69, 9.17) is 5.73 Å². The number of hydrogen-bond acceptors (Lipinski definition) is 3. The smallest absolute Gasteiger partial charge is 0.260 e. The Bertz CT molecular complexity index is 710. The molecule has 1 unspecified atom stereocenters. The average Bonchev–Trinajstić information content (AvgIpc) is 2.53.